The number of carbonyl (C=O) groups excluding carboxylic acids is 1. The fraction of sp³-hybridized carbons (Fsp3) is 0.429. The molecule has 1 aromatic carbocycles. The van der Waals surface area contributed by atoms with Crippen molar-refractivity contribution in [2.45, 2.75) is 19.4 Å². The third-order valence-corrected chi connectivity index (χ3v) is 3.63. The second-order valence-electron chi connectivity index (χ2n) is 5.25. The highest BCUT2D eigenvalue weighted by Crippen LogP contribution is 2.23. The first kappa shape index (κ1) is 15.1. The highest BCUT2D eigenvalue weighted by Gasteiger charge is 2.27. The number of hydrogen-bond acceptors (Lipinski definition) is 4. The lowest BCUT2D eigenvalue weighted by molar-refractivity contribution is 0.0506. The van der Waals surface area contributed by atoms with Crippen molar-refractivity contribution in [3.8, 4) is 5.75 Å². The van der Waals surface area contributed by atoms with Crippen molar-refractivity contribution in [1.82, 2.24) is 4.90 Å². The number of urea groups is 1. The van der Waals surface area contributed by atoms with Crippen LogP contribution in [-0.4, -0.2) is 51.4 Å². The van der Waals surface area contributed by atoms with E-state index in [2.05, 4.69) is 5.32 Å². The Hall–Kier alpha value is -2.28. The van der Waals surface area contributed by atoms with E-state index in [1.807, 2.05) is 6.92 Å². The molecule has 1 aromatic rings. The highest BCUT2D eigenvalue weighted by molar-refractivity contribution is 5.94. The molecule has 4 N–H and O–H groups in total. The molecule has 7 nitrogen and oxygen atoms in total. The Morgan fingerprint density at radius 3 is 2.67 bits per heavy atom. The number of carboxylic acids is 1. The average molecular weight is 294 g/mol. The van der Waals surface area contributed by atoms with Crippen LogP contribution in [0.15, 0.2) is 18.2 Å². The summed E-state index contributed by atoms with van der Waals surface area (Å²) in [4.78, 5) is 24.5. The molecule has 7 heteroatoms. The summed E-state index contributed by atoms with van der Waals surface area (Å²) in [6.07, 6.45) is 0.130. The van der Waals surface area contributed by atoms with Crippen LogP contribution in [0.5, 0.6) is 5.75 Å². The van der Waals surface area contributed by atoms with Gasteiger partial charge in [0.1, 0.15) is 11.3 Å². The number of aliphatic hydroxyl groups is 1. The van der Waals surface area contributed by atoms with Crippen molar-refractivity contribution in [1.29, 1.82) is 0 Å². The summed E-state index contributed by atoms with van der Waals surface area (Å²) in [6, 6.07) is 3.51. The Labute approximate surface area is 121 Å². The lowest BCUT2D eigenvalue weighted by Gasteiger charge is -2.34. The van der Waals surface area contributed by atoms with Gasteiger partial charge in [-0.25, -0.2) is 9.59 Å². The first-order chi connectivity index (χ1) is 9.88. The molecule has 0 saturated carbocycles. The minimum atomic E-state index is -1.23. The predicted octanol–water partition coefficient (Wildman–Crippen LogP) is 1.32. The SMILES string of the molecule is CC1CN(C(=O)Nc2ccc(C(=O)O)c(O)c2)CCC1O. The molecular formula is C14H18N2O5. The van der Waals surface area contributed by atoms with Crippen LogP contribution in [-0.2, 0) is 0 Å². The number of likely N-dealkylation sites (tertiary alicyclic amines) is 1. The van der Waals surface area contributed by atoms with Gasteiger partial charge in [-0.1, -0.05) is 6.92 Å². The summed E-state index contributed by atoms with van der Waals surface area (Å²) in [5.74, 6) is -1.63. The zero-order chi connectivity index (χ0) is 15.6. The number of rotatable bonds is 2. The summed E-state index contributed by atoms with van der Waals surface area (Å²) < 4.78 is 0. The molecule has 1 aliphatic rings. The summed E-state index contributed by atoms with van der Waals surface area (Å²) >= 11 is 0. The Kier molecular flexibility index (Phi) is 4.32. The number of anilines is 1. The van der Waals surface area contributed by atoms with Gasteiger partial charge in [0, 0.05) is 24.8 Å². The largest absolute Gasteiger partial charge is 0.507 e. The van der Waals surface area contributed by atoms with E-state index in [1.165, 1.54) is 18.2 Å². The maximum atomic E-state index is 12.1. The number of carbonyl (C=O) groups is 2. The van der Waals surface area contributed by atoms with Gasteiger partial charge in [0.05, 0.1) is 6.10 Å². The van der Waals surface area contributed by atoms with Crippen LogP contribution < -0.4 is 5.32 Å². The zero-order valence-electron chi connectivity index (χ0n) is 11.6. The third-order valence-electron chi connectivity index (χ3n) is 3.63. The van der Waals surface area contributed by atoms with Crippen molar-refractivity contribution in [2.24, 2.45) is 5.92 Å². The van der Waals surface area contributed by atoms with Gasteiger partial charge in [0.2, 0.25) is 0 Å². The lowest BCUT2D eigenvalue weighted by Crippen LogP contribution is -2.46. The normalized spacial score (nSPS) is 21.9. The maximum absolute atomic E-state index is 12.1. The van der Waals surface area contributed by atoms with E-state index in [4.69, 9.17) is 5.11 Å². The van der Waals surface area contributed by atoms with Gasteiger partial charge in [0.25, 0.3) is 0 Å². The number of aromatic carboxylic acids is 1. The van der Waals surface area contributed by atoms with E-state index in [9.17, 15) is 19.8 Å². The standard InChI is InChI=1S/C14H18N2O5/c1-8-7-16(5-4-11(8)17)14(21)15-9-2-3-10(13(19)20)12(18)6-9/h2-3,6,8,11,17-18H,4-5,7H2,1H3,(H,15,21)(H,19,20). The molecule has 1 heterocycles. The number of nitrogens with one attached hydrogen (secondary N) is 1. The number of piperidine rings is 1. The van der Waals surface area contributed by atoms with Crippen molar-refractivity contribution in [3.05, 3.63) is 23.8 Å². The first-order valence-corrected chi connectivity index (χ1v) is 6.68. The maximum Gasteiger partial charge on any atom is 0.339 e. The molecule has 2 atom stereocenters. The number of amides is 2. The fourth-order valence-electron chi connectivity index (χ4n) is 2.31. The Bertz CT molecular complexity index is 560. The molecule has 2 rings (SSSR count). The van der Waals surface area contributed by atoms with E-state index in [0.717, 1.165) is 0 Å². The van der Waals surface area contributed by atoms with E-state index in [0.29, 0.717) is 25.2 Å². The number of carboxylic acid groups (broad SMARTS) is 1. The molecule has 2 amide bonds. The average Bonchev–Trinajstić information content (AvgIpc) is 2.41. The molecule has 1 saturated heterocycles. The van der Waals surface area contributed by atoms with Gasteiger partial charge >= 0.3 is 12.0 Å². The van der Waals surface area contributed by atoms with Crippen molar-refractivity contribution in [2.75, 3.05) is 18.4 Å². The fourth-order valence-corrected chi connectivity index (χ4v) is 2.31. The third kappa shape index (κ3) is 3.43. The van der Waals surface area contributed by atoms with Crippen LogP contribution >= 0.6 is 0 Å². The molecule has 0 aromatic heterocycles. The van der Waals surface area contributed by atoms with Crippen molar-refractivity contribution >= 4 is 17.7 Å². The molecular weight excluding hydrogens is 276 g/mol. The number of benzene rings is 1. The Morgan fingerprint density at radius 1 is 1.38 bits per heavy atom. The quantitative estimate of drug-likeness (QED) is 0.657. The van der Waals surface area contributed by atoms with Gasteiger partial charge < -0.3 is 25.5 Å². The number of phenols is 1. The molecule has 0 spiro atoms. The van der Waals surface area contributed by atoms with Crippen LogP contribution in [0.3, 0.4) is 0 Å². The minimum absolute atomic E-state index is 0.00675. The zero-order valence-corrected chi connectivity index (χ0v) is 11.6. The molecule has 0 aliphatic carbocycles. The topological polar surface area (TPSA) is 110 Å². The second kappa shape index (κ2) is 6.01. The molecule has 0 radical (unpaired) electrons. The summed E-state index contributed by atoms with van der Waals surface area (Å²) in [7, 11) is 0. The highest BCUT2D eigenvalue weighted by atomic mass is 16.4. The molecule has 114 valence electrons. The Balaban J connectivity index is 2.03. The van der Waals surface area contributed by atoms with Gasteiger partial charge in [-0.2, -0.15) is 0 Å². The minimum Gasteiger partial charge on any atom is -0.507 e. The molecule has 21 heavy (non-hydrogen) atoms. The molecule has 1 aliphatic heterocycles. The van der Waals surface area contributed by atoms with Gasteiger partial charge in [-0.3, -0.25) is 0 Å². The first-order valence-electron chi connectivity index (χ1n) is 6.68. The summed E-state index contributed by atoms with van der Waals surface area (Å²) in [6.45, 7) is 2.78. The predicted molar refractivity (Wildman–Crippen MR) is 75.4 cm³/mol. The molecule has 1 fully saturated rings. The van der Waals surface area contributed by atoms with E-state index >= 15 is 0 Å². The Morgan fingerprint density at radius 2 is 2.10 bits per heavy atom. The second-order valence-corrected chi connectivity index (χ2v) is 5.25. The molecule has 2 unspecified atom stereocenters. The van der Waals surface area contributed by atoms with Crippen LogP contribution in [0.25, 0.3) is 0 Å². The van der Waals surface area contributed by atoms with Crippen LogP contribution in [0, 0.1) is 5.92 Å². The van der Waals surface area contributed by atoms with E-state index < -0.39 is 17.8 Å². The lowest BCUT2D eigenvalue weighted by atomic mass is 9.97. The number of aromatic hydroxyl groups is 1. The summed E-state index contributed by atoms with van der Waals surface area (Å²) in [5, 5.41) is 30.6. The van der Waals surface area contributed by atoms with Crippen LogP contribution in [0.4, 0.5) is 10.5 Å². The van der Waals surface area contributed by atoms with E-state index in [1.54, 1.807) is 4.90 Å². The number of hydrogen-bond donors (Lipinski definition) is 4. The van der Waals surface area contributed by atoms with Crippen molar-refractivity contribution < 1.29 is 24.9 Å². The molecule has 0 bridgehead atoms. The van der Waals surface area contributed by atoms with Gasteiger partial charge in [-0.05, 0) is 24.5 Å². The number of nitrogens with zero attached hydrogens (tertiary/aromatic N) is 1. The monoisotopic (exact) mass is 294 g/mol. The van der Waals surface area contributed by atoms with Crippen molar-refractivity contribution in [3.63, 3.8) is 0 Å². The smallest absolute Gasteiger partial charge is 0.339 e. The van der Waals surface area contributed by atoms with E-state index in [-0.39, 0.29) is 17.5 Å². The number of aliphatic hydroxyl groups excluding tert-OH is 1. The van der Waals surface area contributed by atoms with Gasteiger partial charge in [-0.15, -0.1) is 0 Å². The van der Waals surface area contributed by atoms with Crippen LogP contribution in [0.1, 0.15) is 23.7 Å². The van der Waals surface area contributed by atoms with Gasteiger partial charge in [0.15, 0.2) is 0 Å². The van der Waals surface area contributed by atoms with Crippen LogP contribution in [0.2, 0.25) is 0 Å². The summed E-state index contributed by atoms with van der Waals surface area (Å²) in [5.41, 5.74) is 0.101.